The lowest BCUT2D eigenvalue weighted by molar-refractivity contribution is -0.144. The number of unbranched alkanes of at least 4 members (excludes halogenated alkanes) is 18. The topological polar surface area (TPSA) is 65.6 Å². The van der Waals surface area contributed by atoms with Gasteiger partial charge in [0.2, 0.25) is 0 Å². The predicted molar refractivity (Wildman–Crippen MR) is 222 cm³/mol. The van der Waals surface area contributed by atoms with E-state index in [1.165, 1.54) is 135 Å². The van der Waals surface area contributed by atoms with Crippen LogP contribution in [0.25, 0.3) is 0 Å². The van der Waals surface area contributed by atoms with Crippen LogP contribution in [0.1, 0.15) is 223 Å². The van der Waals surface area contributed by atoms with Crippen LogP contribution in [0, 0.1) is 0 Å². The second kappa shape index (κ2) is 24.7. The van der Waals surface area contributed by atoms with Gasteiger partial charge in [0.15, 0.2) is 0 Å². The third-order valence-corrected chi connectivity index (χ3v) is 11.5. The lowest BCUT2D eigenvalue weighted by Crippen LogP contribution is -2.62. The molecule has 0 radical (unpaired) electrons. The van der Waals surface area contributed by atoms with Crippen LogP contribution >= 0.6 is 0 Å². The fraction of sp³-hybridized carbons (Fsp3) is 0.978. The average Bonchev–Trinajstić information content (AvgIpc) is 3.00. The van der Waals surface area contributed by atoms with Crippen LogP contribution < -0.4 is 16.0 Å². The highest BCUT2D eigenvalue weighted by molar-refractivity contribution is 5.69. The van der Waals surface area contributed by atoms with Crippen LogP contribution in [-0.4, -0.2) is 71.3 Å². The Kier molecular flexibility index (Phi) is 22.5. The van der Waals surface area contributed by atoms with Gasteiger partial charge in [-0.25, -0.2) is 0 Å². The van der Waals surface area contributed by atoms with Crippen molar-refractivity contribution in [3.05, 3.63) is 0 Å². The number of carbonyl (C=O) groups excluding carboxylic acids is 1. The molecule has 2 rings (SSSR count). The van der Waals surface area contributed by atoms with Crippen molar-refractivity contribution in [3.8, 4) is 0 Å². The maximum atomic E-state index is 12.8. The molecule has 2 aliphatic heterocycles. The van der Waals surface area contributed by atoms with E-state index in [1.807, 2.05) is 0 Å². The molecule has 302 valence electrons. The van der Waals surface area contributed by atoms with Gasteiger partial charge in [-0.3, -0.25) is 9.69 Å². The molecule has 0 amide bonds. The molecule has 51 heavy (non-hydrogen) atoms. The minimum atomic E-state index is -0.0104. The van der Waals surface area contributed by atoms with Crippen molar-refractivity contribution in [2.45, 2.75) is 257 Å². The van der Waals surface area contributed by atoms with Crippen LogP contribution in [0.2, 0.25) is 0 Å². The van der Waals surface area contributed by atoms with Crippen LogP contribution in [0.4, 0.5) is 0 Å². The molecule has 6 nitrogen and oxygen atoms in total. The maximum Gasteiger partial charge on any atom is 0.307 e. The quantitative estimate of drug-likeness (QED) is 0.0529. The van der Waals surface area contributed by atoms with Crippen molar-refractivity contribution < 1.29 is 9.53 Å². The number of hydrogen-bond donors (Lipinski definition) is 3. The van der Waals surface area contributed by atoms with Gasteiger partial charge < -0.3 is 20.7 Å². The van der Waals surface area contributed by atoms with Crippen LogP contribution in [0.15, 0.2) is 0 Å². The second-order valence-electron chi connectivity index (χ2n) is 19.6. The van der Waals surface area contributed by atoms with E-state index in [2.05, 4.69) is 83.2 Å². The lowest BCUT2D eigenvalue weighted by atomic mass is 9.79. The number of nitrogens with zero attached hydrogens (tertiary/aromatic N) is 1. The van der Waals surface area contributed by atoms with E-state index in [1.54, 1.807) is 0 Å². The standard InChI is InChI=1S/C45H90N4O2/c1-10-11-12-13-14-15-16-17-18-19-20-21-22-23-26-29-34-51-41(50)30-33-49(40-37-44(6,7)48-45(8,9)38-40)32-28-25-24-27-31-46-39-35-42(2,3)47-43(4,5)36-39/h39-40,46-48H,10-38H2,1-9H3. The first-order valence-electron chi connectivity index (χ1n) is 22.3. The lowest BCUT2D eigenvalue weighted by Gasteiger charge is -2.49. The van der Waals surface area contributed by atoms with Gasteiger partial charge in [0.25, 0.3) is 0 Å². The number of nitrogens with one attached hydrogen (secondary N) is 3. The van der Waals surface area contributed by atoms with E-state index in [0.29, 0.717) is 25.1 Å². The summed E-state index contributed by atoms with van der Waals surface area (Å²) in [6.45, 7) is 24.6. The van der Waals surface area contributed by atoms with Crippen molar-refractivity contribution in [1.29, 1.82) is 0 Å². The summed E-state index contributed by atoms with van der Waals surface area (Å²) in [6.07, 6.45) is 31.9. The fourth-order valence-electron chi connectivity index (χ4n) is 9.71. The molecule has 0 spiro atoms. The zero-order chi connectivity index (χ0) is 37.6. The van der Waals surface area contributed by atoms with E-state index in [9.17, 15) is 4.79 Å². The Morgan fingerprint density at radius 1 is 0.569 bits per heavy atom. The first-order valence-corrected chi connectivity index (χ1v) is 22.3. The molecule has 0 saturated carbocycles. The fourth-order valence-corrected chi connectivity index (χ4v) is 9.71. The molecule has 0 bridgehead atoms. The van der Waals surface area contributed by atoms with E-state index >= 15 is 0 Å². The molecule has 0 atom stereocenters. The van der Waals surface area contributed by atoms with Gasteiger partial charge in [0.1, 0.15) is 0 Å². The van der Waals surface area contributed by atoms with E-state index in [0.717, 1.165) is 38.9 Å². The van der Waals surface area contributed by atoms with Crippen molar-refractivity contribution >= 4 is 5.97 Å². The van der Waals surface area contributed by atoms with Crippen molar-refractivity contribution in [3.63, 3.8) is 0 Å². The predicted octanol–water partition coefficient (Wildman–Crippen LogP) is 11.3. The number of rotatable bonds is 29. The smallest absolute Gasteiger partial charge is 0.307 e. The normalized spacial score (nSPS) is 20.2. The summed E-state index contributed by atoms with van der Waals surface area (Å²) in [7, 11) is 0. The SMILES string of the molecule is CCCCCCCCCCCCCCCCCCOC(=O)CCN(CCCCCCNC1CC(C)(C)NC(C)(C)C1)C1CC(C)(C)NC(C)(C)C1. The Balaban J connectivity index is 1.59. The first kappa shape index (κ1) is 46.5. The summed E-state index contributed by atoms with van der Waals surface area (Å²) in [4.78, 5) is 15.5. The maximum absolute atomic E-state index is 12.8. The molecule has 0 aromatic carbocycles. The number of piperidine rings is 2. The van der Waals surface area contributed by atoms with Crippen molar-refractivity contribution in [1.82, 2.24) is 20.9 Å². The summed E-state index contributed by atoms with van der Waals surface area (Å²) in [5.74, 6) is -0.0104. The van der Waals surface area contributed by atoms with Gasteiger partial charge in [-0.2, -0.15) is 0 Å². The molecule has 0 unspecified atom stereocenters. The van der Waals surface area contributed by atoms with E-state index < -0.39 is 0 Å². The van der Waals surface area contributed by atoms with Gasteiger partial charge in [0.05, 0.1) is 13.0 Å². The molecule has 6 heteroatoms. The Morgan fingerprint density at radius 2 is 0.980 bits per heavy atom. The van der Waals surface area contributed by atoms with Crippen LogP contribution in [0.5, 0.6) is 0 Å². The van der Waals surface area contributed by atoms with Crippen molar-refractivity contribution in [2.24, 2.45) is 0 Å². The summed E-state index contributed by atoms with van der Waals surface area (Å²) in [5, 5.41) is 11.5. The molecular weight excluding hydrogens is 629 g/mol. The monoisotopic (exact) mass is 719 g/mol. The summed E-state index contributed by atoms with van der Waals surface area (Å²) < 4.78 is 5.74. The Hall–Kier alpha value is -0.690. The molecule has 2 heterocycles. The Labute approximate surface area is 318 Å². The summed E-state index contributed by atoms with van der Waals surface area (Å²) in [5.41, 5.74) is 0.584. The minimum Gasteiger partial charge on any atom is -0.466 e. The number of carbonyl (C=O) groups is 1. The number of hydrogen-bond acceptors (Lipinski definition) is 6. The Bertz CT molecular complexity index is 869. The van der Waals surface area contributed by atoms with Gasteiger partial charge in [0, 0.05) is 40.8 Å². The molecule has 0 aliphatic carbocycles. The second-order valence-corrected chi connectivity index (χ2v) is 19.6. The molecule has 3 N–H and O–H groups in total. The highest BCUT2D eigenvalue weighted by Gasteiger charge is 2.40. The van der Waals surface area contributed by atoms with Crippen LogP contribution in [0.3, 0.4) is 0 Å². The minimum absolute atomic E-state index is 0.0104. The number of ether oxygens (including phenoxy) is 1. The zero-order valence-corrected chi connectivity index (χ0v) is 35.9. The average molecular weight is 719 g/mol. The third-order valence-electron chi connectivity index (χ3n) is 11.5. The van der Waals surface area contributed by atoms with Gasteiger partial charge in [-0.1, -0.05) is 116 Å². The zero-order valence-electron chi connectivity index (χ0n) is 35.9. The molecule has 0 aromatic heterocycles. The molecular formula is C45H90N4O2. The molecule has 2 fully saturated rings. The summed E-state index contributed by atoms with van der Waals surface area (Å²) >= 11 is 0. The molecule has 0 aromatic rings. The first-order chi connectivity index (χ1) is 24.1. The van der Waals surface area contributed by atoms with Gasteiger partial charge in [-0.15, -0.1) is 0 Å². The largest absolute Gasteiger partial charge is 0.466 e. The van der Waals surface area contributed by atoms with Gasteiger partial charge in [-0.05, 0) is 113 Å². The Morgan fingerprint density at radius 3 is 1.47 bits per heavy atom. The number of esters is 1. The highest BCUT2D eigenvalue weighted by Crippen LogP contribution is 2.32. The van der Waals surface area contributed by atoms with Crippen molar-refractivity contribution in [2.75, 3.05) is 26.2 Å². The van der Waals surface area contributed by atoms with E-state index in [4.69, 9.17) is 4.74 Å². The van der Waals surface area contributed by atoms with Gasteiger partial charge >= 0.3 is 5.97 Å². The van der Waals surface area contributed by atoms with E-state index in [-0.39, 0.29) is 28.1 Å². The van der Waals surface area contributed by atoms with Crippen LogP contribution in [-0.2, 0) is 9.53 Å². The molecule has 2 aliphatic rings. The summed E-state index contributed by atoms with van der Waals surface area (Å²) in [6, 6.07) is 1.10. The highest BCUT2D eigenvalue weighted by atomic mass is 16.5. The third kappa shape index (κ3) is 23.0. The molecule has 2 saturated heterocycles.